The molecular weight excluding hydrogens is 276 g/mol. The van der Waals surface area contributed by atoms with Crippen molar-refractivity contribution in [2.45, 2.75) is 46.8 Å². The molecule has 2 aromatic heterocycles. The molecular formula is C17H24N4O. The molecule has 1 atom stereocenters. The van der Waals surface area contributed by atoms with Crippen LogP contribution in [0.4, 0.5) is 5.95 Å². The first-order valence-electron chi connectivity index (χ1n) is 7.68. The molecule has 5 nitrogen and oxygen atoms in total. The normalized spacial score (nSPS) is 12.2. The number of pyridine rings is 1. The quantitative estimate of drug-likeness (QED) is 0.846. The Hall–Kier alpha value is -2.17. The number of aromatic nitrogens is 3. The number of nitrogens with one attached hydrogen (secondary N) is 1. The van der Waals surface area contributed by atoms with E-state index in [1.165, 1.54) is 0 Å². The maximum atomic E-state index is 5.87. The molecule has 22 heavy (non-hydrogen) atoms. The molecule has 5 heteroatoms. The number of rotatable bonds is 7. The minimum absolute atomic E-state index is 0.163. The van der Waals surface area contributed by atoms with E-state index in [0.29, 0.717) is 24.3 Å². The molecule has 0 bridgehead atoms. The second kappa shape index (κ2) is 7.73. The third kappa shape index (κ3) is 5.31. The minimum atomic E-state index is 0.163. The molecule has 1 N–H and O–H groups in total. The van der Waals surface area contributed by atoms with Crippen molar-refractivity contribution in [3.8, 4) is 5.88 Å². The first-order chi connectivity index (χ1) is 10.5. The summed E-state index contributed by atoms with van der Waals surface area (Å²) in [6.07, 6.45) is 4.70. The number of aryl methyl sites for hydroxylation is 1. The van der Waals surface area contributed by atoms with E-state index in [1.54, 1.807) is 12.4 Å². The summed E-state index contributed by atoms with van der Waals surface area (Å²) in [4.78, 5) is 12.8. The van der Waals surface area contributed by atoms with Crippen LogP contribution in [0.25, 0.3) is 0 Å². The Morgan fingerprint density at radius 1 is 1.14 bits per heavy atom. The number of nitrogens with zero attached hydrogens (tertiary/aromatic N) is 3. The highest BCUT2D eigenvalue weighted by molar-refractivity contribution is 5.29. The van der Waals surface area contributed by atoms with Crippen LogP contribution < -0.4 is 10.1 Å². The van der Waals surface area contributed by atoms with Gasteiger partial charge in [-0.3, -0.25) is 0 Å². The summed E-state index contributed by atoms with van der Waals surface area (Å²) >= 11 is 0. The van der Waals surface area contributed by atoms with Crippen LogP contribution in [0.2, 0.25) is 0 Å². The van der Waals surface area contributed by atoms with Crippen molar-refractivity contribution in [1.29, 1.82) is 0 Å². The van der Waals surface area contributed by atoms with Crippen LogP contribution in [0.5, 0.6) is 5.88 Å². The van der Waals surface area contributed by atoms with E-state index in [-0.39, 0.29) is 6.10 Å². The summed E-state index contributed by atoms with van der Waals surface area (Å²) in [5.74, 6) is 1.91. The smallest absolute Gasteiger partial charge is 0.223 e. The van der Waals surface area contributed by atoms with Gasteiger partial charge in [-0.2, -0.15) is 0 Å². The zero-order valence-corrected chi connectivity index (χ0v) is 13.7. The Kier molecular flexibility index (Phi) is 5.69. The predicted octanol–water partition coefficient (Wildman–Crippen LogP) is 3.61. The molecule has 0 amide bonds. The van der Waals surface area contributed by atoms with E-state index >= 15 is 0 Å². The molecule has 2 heterocycles. The van der Waals surface area contributed by atoms with E-state index in [0.717, 1.165) is 17.7 Å². The topological polar surface area (TPSA) is 59.9 Å². The van der Waals surface area contributed by atoms with Crippen LogP contribution in [0.1, 0.15) is 38.4 Å². The zero-order chi connectivity index (χ0) is 15.9. The molecule has 2 rings (SSSR count). The Morgan fingerprint density at radius 2 is 1.91 bits per heavy atom. The molecule has 0 aliphatic heterocycles. The molecule has 1 unspecified atom stereocenters. The molecule has 0 aromatic carbocycles. The number of hydrogen-bond acceptors (Lipinski definition) is 5. The van der Waals surface area contributed by atoms with Crippen LogP contribution in [-0.2, 0) is 6.54 Å². The van der Waals surface area contributed by atoms with Gasteiger partial charge in [0.2, 0.25) is 11.8 Å². The average molecular weight is 300 g/mol. The lowest BCUT2D eigenvalue weighted by Gasteiger charge is -2.16. The Morgan fingerprint density at radius 3 is 2.64 bits per heavy atom. The van der Waals surface area contributed by atoms with Gasteiger partial charge < -0.3 is 10.1 Å². The maximum absolute atomic E-state index is 5.87. The lowest BCUT2D eigenvalue weighted by atomic mass is 10.1. The maximum Gasteiger partial charge on any atom is 0.223 e. The van der Waals surface area contributed by atoms with Crippen LogP contribution in [0, 0.1) is 12.8 Å². The van der Waals surface area contributed by atoms with Gasteiger partial charge in [-0.1, -0.05) is 13.8 Å². The van der Waals surface area contributed by atoms with Crippen molar-refractivity contribution in [1.82, 2.24) is 15.0 Å². The van der Waals surface area contributed by atoms with E-state index in [2.05, 4.69) is 41.0 Å². The van der Waals surface area contributed by atoms with Crippen molar-refractivity contribution in [3.05, 3.63) is 41.9 Å². The second-order valence-corrected chi connectivity index (χ2v) is 5.94. The van der Waals surface area contributed by atoms with Crippen LogP contribution in [-0.4, -0.2) is 21.1 Å². The van der Waals surface area contributed by atoms with Gasteiger partial charge in [0, 0.05) is 30.7 Å². The molecule has 0 aliphatic rings. The summed E-state index contributed by atoms with van der Waals surface area (Å²) in [6, 6.07) is 5.79. The Labute approximate surface area is 132 Å². The molecule has 0 saturated heterocycles. The molecule has 0 radical (unpaired) electrons. The van der Waals surface area contributed by atoms with Crippen molar-refractivity contribution < 1.29 is 4.74 Å². The average Bonchev–Trinajstić information content (AvgIpc) is 2.44. The van der Waals surface area contributed by atoms with Crippen LogP contribution in [0.15, 0.2) is 30.6 Å². The number of ether oxygens (including phenoxy) is 1. The first-order valence-corrected chi connectivity index (χ1v) is 7.68. The van der Waals surface area contributed by atoms with Gasteiger partial charge in [-0.15, -0.1) is 0 Å². The molecule has 0 spiro atoms. The van der Waals surface area contributed by atoms with Crippen molar-refractivity contribution >= 4 is 5.95 Å². The fourth-order valence-corrected chi connectivity index (χ4v) is 2.26. The van der Waals surface area contributed by atoms with Crippen molar-refractivity contribution in [2.24, 2.45) is 5.92 Å². The fourth-order valence-electron chi connectivity index (χ4n) is 2.26. The number of anilines is 1. The predicted molar refractivity (Wildman–Crippen MR) is 87.9 cm³/mol. The van der Waals surface area contributed by atoms with E-state index in [4.69, 9.17) is 4.74 Å². The third-order valence-corrected chi connectivity index (χ3v) is 3.17. The van der Waals surface area contributed by atoms with E-state index in [1.807, 2.05) is 25.1 Å². The van der Waals surface area contributed by atoms with Gasteiger partial charge in [0.15, 0.2) is 0 Å². The summed E-state index contributed by atoms with van der Waals surface area (Å²) in [5, 5.41) is 3.21. The monoisotopic (exact) mass is 300 g/mol. The van der Waals surface area contributed by atoms with Gasteiger partial charge in [-0.25, -0.2) is 15.0 Å². The van der Waals surface area contributed by atoms with Gasteiger partial charge in [0.05, 0.1) is 6.10 Å². The third-order valence-electron chi connectivity index (χ3n) is 3.17. The molecule has 0 aliphatic carbocycles. The molecule has 118 valence electrons. The SMILES string of the molecule is Cc1ccnc(NCc2ccnc(OC(C)CC(C)C)c2)n1. The molecule has 0 fully saturated rings. The van der Waals surface area contributed by atoms with Gasteiger partial charge in [0.25, 0.3) is 0 Å². The molecule has 2 aromatic rings. The summed E-state index contributed by atoms with van der Waals surface area (Å²) in [7, 11) is 0. The molecule has 0 saturated carbocycles. The zero-order valence-electron chi connectivity index (χ0n) is 13.7. The lowest BCUT2D eigenvalue weighted by molar-refractivity contribution is 0.185. The van der Waals surface area contributed by atoms with Crippen molar-refractivity contribution in [2.75, 3.05) is 5.32 Å². The van der Waals surface area contributed by atoms with E-state index < -0.39 is 0 Å². The summed E-state index contributed by atoms with van der Waals surface area (Å²) < 4.78 is 5.87. The Balaban J connectivity index is 1.93. The van der Waals surface area contributed by atoms with Gasteiger partial charge in [0.1, 0.15) is 0 Å². The van der Waals surface area contributed by atoms with Crippen molar-refractivity contribution in [3.63, 3.8) is 0 Å². The minimum Gasteiger partial charge on any atom is -0.475 e. The Bertz CT molecular complexity index is 601. The first kappa shape index (κ1) is 16.2. The lowest BCUT2D eigenvalue weighted by Crippen LogP contribution is -2.15. The van der Waals surface area contributed by atoms with Crippen LogP contribution in [0.3, 0.4) is 0 Å². The van der Waals surface area contributed by atoms with E-state index in [9.17, 15) is 0 Å². The highest BCUT2D eigenvalue weighted by Crippen LogP contribution is 2.15. The van der Waals surface area contributed by atoms with Crippen LogP contribution >= 0.6 is 0 Å². The van der Waals surface area contributed by atoms with Gasteiger partial charge >= 0.3 is 0 Å². The second-order valence-electron chi connectivity index (χ2n) is 5.94. The fraction of sp³-hybridized carbons (Fsp3) is 0.471. The summed E-state index contributed by atoms with van der Waals surface area (Å²) in [6.45, 7) is 9.04. The number of hydrogen-bond donors (Lipinski definition) is 1. The largest absolute Gasteiger partial charge is 0.475 e. The standard InChI is InChI=1S/C17H24N4O/c1-12(2)9-14(4)22-16-10-15(6-8-18-16)11-20-17-19-7-5-13(3)21-17/h5-8,10,12,14H,9,11H2,1-4H3,(H,19,20,21). The summed E-state index contributed by atoms with van der Waals surface area (Å²) in [5.41, 5.74) is 2.03. The van der Waals surface area contributed by atoms with Gasteiger partial charge in [-0.05, 0) is 43.9 Å². The highest BCUT2D eigenvalue weighted by atomic mass is 16.5. The highest BCUT2D eigenvalue weighted by Gasteiger charge is 2.08.